The second-order valence-corrected chi connectivity index (χ2v) is 9.32. The Morgan fingerprint density at radius 1 is 1.08 bits per heavy atom. The van der Waals surface area contributed by atoms with E-state index in [2.05, 4.69) is 16.3 Å². The summed E-state index contributed by atoms with van der Waals surface area (Å²) >= 11 is 0. The van der Waals surface area contributed by atoms with E-state index in [1.807, 2.05) is 12.1 Å². The Morgan fingerprint density at radius 2 is 1.81 bits per heavy atom. The van der Waals surface area contributed by atoms with E-state index in [4.69, 9.17) is 19.2 Å². The fourth-order valence-electron chi connectivity index (χ4n) is 5.06. The van der Waals surface area contributed by atoms with Crippen LogP contribution in [0.15, 0.2) is 35.1 Å². The number of ether oxygens (including phenoxy) is 3. The average molecular weight is 493 g/mol. The molecule has 36 heavy (non-hydrogen) atoms. The van der Waals surface area contributed by atoms with E-state index in [0.29, 0.717) is 48.0 Å². The molecule has 0 spiro atoms. The summed E-state index contributed by atoms with van der Waals surface area (Å²) in [6.45, 7) is 4.88. The number of rotatable bonds is 7. The third kappa shape index (κ3) is 4.68. The maximum Gasteiger partial charge on any atom is 0.262 e. The number of hydrogen-bond donors (Lipinski definition) is 1. The van der Waals surface area contributed by atoms with Crippen LogP contribution in [0.25, 0.3) is 10.9 Å². The van der Waals surface area contributed by atoms with Gasteiger partial charge in [-0.2, -0.15) is 0 Å². The minimum Gasteiger partial charge on any atom is -0.493 e. The maximum absolute atomic E-state index is 13.8. The van der Waals surface area contributed by atoms with Gasteiger partial charge >= 0.3 is 0 Å². The zero-order valence-electron chi connectivity index (χ0n) is 21.0. The summed E-state index contributed by atoms with van der Waals surface area (Å²) in [5.41, 5.74) is 3.58. The molecule has 9 heteroatoms. The fraction of sp³-hybridized carbons (Fsp3) is 0.444. The first-order chi connectivity index (χ1) is 17.5. The number of benzene rings is 2. The Morgan fingerprint density at radius 3 is 2.56 bits per heavy atom. The number of nitrogens with one attached hydrogen (secondary N) is 1. The molecule has 3 aromatic rings. The van der Waals surface area contributed by atoms with Crippen molar-refractivity contribution in [2.75, 3.05) is 45.8 Å². The number of carbonyl (C=O) groups excluding carboxylic acids is 1. The molecular weight excluding hydrogens is 460 g/mol. The van der Waals surface area contributed by atoms with Gasteiger partial charge in [-0.3, -0.25) is 19.1 Å². The number of carbonyl (C=O) groups is 1. The van der Waals surface area contributed by atoms with Crippen molar-refractivity contribution in [3.05, 3.63) is 57.6 Å². The Hall–Kier alpha value is -3.43. The van der Waals surface area contributed by atoms with Crippen molar-refractivity contribution >= 4 is 22.5 Å². The molecule has 1 atom stereocenters. The van der Waals surface area contributed by atoms with E-state index in [1.165, 1.54) is 22.8 Å². The number of morpholine rings is 1. The lowest BCUT2D eigenvalue weighted by Gasteiger charge is -2.28. The Bertz CT molecular complexity index is 1350. The summed E-state index contributed by atoms with van der Waals surface area (Å²) in [5, 5.41) is 3.38. The number of fused-ring (bicyclic) bond motifs is 2. The van der Waals surface area contributed by atoms with E-state index in [0.717, 1.165) is 38.0 Å². The maximum atomic E-state index is 13.8. The number of amides is 1. The third-order valence-corrected chi connectivity index (χ3v) is 7.08. The number of aryl methyl sites for hydroxylation is 2. The van der Waals surface area contributed by atoms with E-state index in [1.54, 1.807) is 26.2 Å². The zero-order chi connectivity index (χ0) is 25.2. The fourth-order valence-corrected chi connectivity index (χ4v) is 5.06. The van der Waals surface area contributed by atoms with Gasteiger partial charge in [0.2, 0.25) is 5.91 Å². The second-order valence-electron chi connectivity index (χ2n) is 9.32. The Labute approximate surface area is 210 Å². The van der Waals surface area contributed by atoms with E-state index < -0.39 is 6.04 Å². The molecule has 0 saturated carbocycles. The molecule has 5 rings (SSSR count). The number of anilines is 1. The summed E-state index contributed by atoms with van der Waals surface area (Å²) in [7, 11) is 3.07. The van der Waals surface area contributed by atoms with Crippen molar-refractivity contribution in [1.82, 2.24) is 14.5 Å². The molecule has 0 radical (unpaired) electrons. The molecule has 2 heterocycles. The molecule has 1 aliphatic carbocycles. The Balaban J connectivity index is 1.54. The van der Waals surface area contributed by atoms with Gasteiger partial charge in [-0.1, -0.05) is 6.07 Å². The molecule has 0 unspecified atom stereocenters. The van der Waals surface area contributed by atoms with Crippen LogP contribution in [0.2, 0.25) is 0 Å². The SMILES string of the molecule is COc1cc2nc(CN3CCOCC3)n([C@H](C)C(=O)Nc3ccc4c(c3)CCC4)c(=O)c2cc1OC. The predicted octanol–water partition coefficient (Wildman–Crippen LogP) is 2.93. The number of aromatic nitrogens is 2. The van der Waals surface area contributed by atoms with Gasteiger partial charge in [0.15, 0.2) is 11.5 Å². The highest BCUT2D eigenvalue weighted by atomic mass is 16.5. The molecule has 2 aromatic carbocycles. The standard InChI is InChI=1S/C27H32N4O5/c1-17(26(32)28-20-8-7-18-5-4-6-19(18)13-20)31-25(16-30-9-11-36-12-10-30)29-22-15-24(35-3)23(34-2)14-21(22)27(31)33/h7-8,13-15,17H,4-6,9-12,16H2,1-3H3,(H,28,32)/t17-/m1/s1. The van der Waals surface area contributed by atoms with Gasteiger partial charge < -0.3 is 19.5 Å². The molecule has 1 aromatic heterocycles. The minimum atomic E-state index is -0.771. The van der Waals surface area contributed by atoms with Crippen LogP contribution in [0.5, 0.6) is 11.5 Å². The summed E-state index contributed by atoms with van der Waals surface area (Å²) in [6.07, 6.45) is 3.25. The highest BCUT2D eigenvalue weighted by molar-refractivity contribution is 5.94. The molecule has 1 amide bonds. The van der Waals surface area contributed by atoms with Crippen molar-refractivity contribution < 1.29 is 19.0 Å². The van der Waals surface area contributed by atoms with E-state index in [9.17, 15) is 9.59 Å². The molecule has 0 bridgehead atoms. The first-order valence-electron chi connectivity index (χ1n) is 12.4. The molecule has 1 aliphatic heterocycles. The lowest BCUT2D eigenvalue weighted by molar-refractivity contribution is -0.119. The lowest BCUT2D eigenvalue weighted by Crippen LogP contribution is -2.40. The lowest BCUT2D eigenvalue weighted by atomic mass is 10.1. The second kappa shape index (κ2) is 10.3. The van der Waals surface area contributed by atoms with Gasteiger partial charge in [0.05, 0.1) is 44.9 Å². The van der Waals surface area contributed by atoms with Gasteiger partial charge in [-0.05, 0) is 55.5 Å². The van der Waals surface area contributed by atoms with Crippen LogP contribution in [0.4, 0.5) is 5.69 Å². The van der Waals surface area contributed by atoms with Crippen LogP contribution in [0, 0.1) is 0 Å². The largest absolute Gasteiger partial charge is 0.493 e. The van der Waals surface area contributed by atoms with Crippen LogP contribution >= 0.6 is 0 Å². The first kappa shape index (κ1) is 24.3. The summed E-state index contributed by atoms with van der Waals surface area (Å²) in [4.78, 5) is 34.2. The van der Waals surface area contributed by atoms with Crippen LogP contribution in [-0.4, -0.2) is 60.9 Å². The van der Waals surface area contributed by atoms with Crippen LogP contribution < -0.4 is 20.3 Å². The minimum absolute atomic E-state index is 0.264. The van der Waals surface area contributed by atoms with Crippen molar-refractivity contribution in [2.24, 2.45) is 0 Å². The van der Waals surface area contributed by atoms with Gasteiger partial charge in [0.25, 0.3) is 5.56 Å². The molecule has 190 valence electrons. The summed E-state index contributed by atoms with van der Waals surface area (Å²) in [6, 6.07) is 8.62. The smallest absolute Gasteiger partial charge is 0.262 e. The van der Waals surface area contributed by atoms with Crippen molar-refractivity contribution in [3.63, 3.8) is 0 Å². The molecular formula is C27H32N4O5. The topological polar surface area (TPSA) is 94.9 Å². The van der Waals surface area contributed by atoms with E-state index >= 15 is 0 Å². The number of methoxy groups -OCH3 is 2. The van der Waals surface area contributed by atoms with E-state index in [-0.39, 0.29) is 11.5 Å². The number of hydrogen-bond acceptors (Lipinski definition) is 7. The normalized spacial score (nSPS) is 16.5. The molecule has 1 saturated heterocycles. The number of nitrogens with zero attached hydrogens (tertiary/aromatic N) is 3. The van der Waals surface area contributed by atoms with Gasteiger partial charge in [0.1, 0.15) is 11.9 Å². The highest BCUT2D eigenvalue weighted by Gasteiger charge is 2.25. The van der Waals surface area contributed by atoms with Crippen molar-refractivity contribution in [3.8, 4) is 11.5 Å². The molecule has 1 N–H and O–H groups in total. The van der Waals surface area contributed by atoms with Gasteiger partial charge in [-0.25, -0.2) is 4.98 Å². The van der Waals surface area contributed by atoms with Gasteiger partial charge in [0, 0.05) is 24.8 Å². The van der Waals surface area contributed by atoms with Crippen LogP contribution in [0.3, 0.4) is 0 Å². The zero-order valence-corrected chi connectivity index (χ0v) is 21.0. The predicted molar refractivity (Wildman–Crippen MR) is 137 cm³/mol. The van der Waals surface area contributed by atoms with Crippen LogP contribution in [-0.2, 0) is 28.9 Å². The Kier molecular flexibility index (Phi) is 6.93. The molecule has 2 aliphatic rings. The molecule has 1 fully saturated rings. The molecule has 9 nitrogen and oxygen atoms in total. The average Bonchev–Trinajstić information content (AvgIpc) is 3.36. The summed E-state index contributed by atoms with van der Waals surface area (Å²) in [5.74, 6) is 1.19. The highest BCUT2D eigenvalue weighted by Crippen LogP contribution is 2.31. The van der Waals surface area contributed by atoms with Crippen LogP contribution in [0.1, 0.15) is 36.3 Å². The van der Waals surface area contributed by atoms with Crippen molar-refractivity contribution in [1.29, 1.82) is 0 Å². The van der Waals surface area contributed by atoms with Gasteiger partial charge in [-0.15, -0.1) is 0 Å². The quantitative estimate of drug-likeness (QED) is 0.542. The monoisotopic (exact) mass is 492 g/mol. The first-order valence-corrected chi connectivity index (χ1v) is 12.4. The van der Waals surface area contributed by atoms with Crippen molar-refractivity contribution in [2.45, 2.75) is 38.8 Å². The summed E-state index contributed by atoms with van der Waals surface area (Å²) < 4.78 is 17.8. The third-order valence-electron chi connectivity index (χ3n) is 7.08.